The maximum atomic E-state index is 12.5. The van der Waals surface area contributed by atoms with E-state index in [1.807, 2.05) is 0 Å². The molecule has 0 fully saturated rings. The van der Waals surface area contributed by atoms with Crippen molar-refractivity contribution in [1.82, 2.24) is 20.6 Å². The SMILES string of the molecule is C=CCOC(=O)NC1CN(C(=Nc2cccc(OC(F)F)n2)NC#N)N=C1c1ccc(Cl)c(Cl)c1. The maximum Gasteiger partial charge on any atom is 0.408 e. The number of carbonyl (C=O) groups excluding carboxylic acids is 1. The van der Waals surface area contributed by atoms with E-state index in [4.69, 9.17) is 27.9 Å². The number of carbonyl (C=O) groups is 1. The highest BCUT2D eigenvalue weighted by atomic mass is 35.5. The number of halogens is 4. The number of nitrogens with zero attached hydrogens (tertiary/aromatic N) is 5. The summed E-state index contributed by atoms with van der Waals surface area (Å²) in [5.74, 6) is -0.479. The van der Waals surface area contributed by atoms with Crippen molar-refractivity contribution in [1.29, 1.82) is 5.26 Å². The predicted molar refractivity (Wildman–Crippen MR) is 125 cm³/mol. The maximum absolute atomic E-state index is 12.5. The molecule has 0 radical (unpaired) electrons. The third-order valence-electron chi connectivity index (χ3n) is 4.31. The van der Waals surface area contributed by atoms with Crippen LogP contribution in [0.25, 0.3) is 0 Å². The van der Waals surface area contributed by atoms with Crippen LogP contribution >= 0.6 is 23.2 Å². The van der Waals surface area contributed by atoms with Gasteiger partial charge in [-0.3, -0.25) is 5.32 Å². The lowest BCUT2D eigenvalue weighted by Gasteiger charge is -2.17. The number of pyridine rings is 1. The van der Waals surface area contributed by atoms with Crippen LogP contribution in [0.5, 0.6) is 5.88 Å². The first-order valence-electron chi connectivity index (χ1n) is 9.82. The first kappa shape index (κ1) is 25.7. The monoisotopic (exact) mass is 523 g/mol. The van der Waals surface area contributed by atoms with Gasteiger partial charge in [0.2, 0.25) is 11.8 Å². The lowest BCUT2D eigenvalue weighted by molar-refractivity contribution is -0.0527. The molecule has 2 N–H and O–H groups in total. The molecule has 2 heterocycles. The highest BCUT2D eigenvalue weighted by Crippen LogP contribution is 2.25. The Morgan fingerprint density at radius 2 is 2.17 bits per heavy atom. The van der Waals surface area contributed by atoms with Gasteiger partial charge in [0, 0.05) is 11.6 Å². The van der Waals surface area contributed by atoms with Crippen LogP contribution in [-0.2, 0) is 4.74 Å². The fourth-order valence-electron chi connectivity index (χ4n) is 2.91. The molecule has 1 aliphatic rings. The predicted octanol–water partition coefficient (Wildman–Crippen LogP) is 4.05. The molecule has 182 valence electrons. The minimum absolute atomic E-state index is 0.00703. The summed E-state index contributed by atoms with van der Waals surface area (Å²) >= 11 is 12.2. The molecule has 10 nitrogen and oxygen atoms in total. The second-order valence-electron chi connectivity index (χ2n) is 6.67. The van der Waals surface area contributed by atoms with E-state index in [2.05, 4.69) is 37.0 Å². The zero-order valence-corrected chi connectivity index (χ0v) is 19.3. The van der Waals surface area contributed by atoms with Gasteiger partial charge in [0.1, 0.15) is 6.61 Å². The van der Waals surface area contributed by atoms with Crippen molar-refractivity contribution in [3.05, 3.63) is 64.7 Å². The topological polar surface area (TPSA) is 124 Å². The number of nitrogens with one attached hydrogen (secondary N) is 2. The van der Waals surface area contributed by atoms with Gasteiger partial charge in [0.15, 0.2) is 12.0 Å². The summed E-state index contributed by atoms with van der Waals surface area (Å²) in [6, 6.07) is 8.13. The van der Waals surface area contributed by atoms with E-state index in [9.17, 15) is 18.8 Å². The highest BCUT2D eigenvalue weighted by Gasteiger charge is 2.32. The minimum Gasteiger partial charge on any atom is -0.445 e. The van der Waals surface area contributed by atoms with Gasteiger partial charge in [0.05, 0.1) is 28.3 Å². The van der Waals surface area contributed by atoms with Crippen LogP contribution in [0.15, 0.2) is 59.1 Å². The number of amides is 1. The summed E-state index contributed by atoms with van der Waals surface area (Å²) in [7, 11) is 0. The number of rotatable bonds is 7. The Labute approximate surface area is 208 Å². The van der Waals surface area contributed by atoms with E-state index in [1.165, 1.54) is 29.3 Å². The van der Waals surface area contributed by atoms with E-state index < -0.39 is 18.7 Å². The molecule has 2 aromatic rings. The van der Waals surface area contributed by atoms with Gasteiger partial charge >= 0.3 is 12.7 Å². The van der Waals surface area contributed by atoms with Gasteiger partial charge in [-0.15, -0.1) is 0 Å². The smallest absolute Gasteiger partial charge is 0.408 e. The standard InChI is InChI=1S/C21H17Cl2F2N7O3/c1-2-8-34-21(33)28-15-10-32(31-18(15)12-6-7-13(22)14(23)9-12)20(27-11-26)30-16-4-3-5-17(29-16)35-19(24)25/h2-7,9,15,19H,1,8,10H2,(H,28,33)(H,27,29,30). The molecule has 1 atom stereocenters. The normalized spacial score (nSPS) is 15.3. The average molecular weight is 524 g/mol. The van der Waals surface area contributed by atoms with Crippen molar-refractivity contribution < 1.29 is 23.0 Å². The molecular weight excluding hydrogens is 507 g/mol. The van der Waals surface area contributed by atoms with Crippen LogP contribution in [0.3, 0.4) is 0 Å². The molecule has 0 saturated heterocycles. The number of hydrogen-bond acceptors (Lipinski definition) is 7. The Morgan fingerprint density at radius 1 is 1.37 bits per heavy atom. The first-order chi connectivity index (χ1) is 16.8. The summed E-state index contributed by atoms with van der Waals surface area (Å²) in [5, 5.41) is 20.6. The Hall–Kier alpha value is -3.95. The van der Waals surface area contributed by atoms with Crippen molar-refractivity contribution in [2.45, 2.75) is 12.7 Å². The van der Waals surface area contributed by atoms with Crippen LogP contribution in [0.1, 0.15) is 5.56 Å². The number of benzene rings is 1. The second kappa shape index (κ2) is 12.0. The zero-order chi connectivity index (χ0) is 25.4. The fraction of sp³-hybridized carbons (Fsp3) is 0.190. The van der Waals surface area contributed by atoms with Crippen LogP contribution in [-0.4, -0.2) is 53.6 Å². The number of hydrazone groups is 1. The molecule has 0 saturated carbocycles. The summed E-state index contributed by atoms with van der Waals surface area (Å²) in [6.07, 6.45) is 2.42. The van der Waals surface area contributed by atoms with E-state index in [1.54, 1.807) is 24.4 Å². The Balaban J connectivity index is 1.95. The molecular formula is C21H17Cl2F2N7O3. The van der Waals surface area contributed by atoms with Gasteiger partial charge < -0.3 is 14.8 Å². The van der Waals surface area contributed by atoms with Crippen LogP contribution in [0, 0.1) is 11.5 Å². The van der Waals surface area contributed by atoms with Gasteiger partial charge in [-0.2, -0.15) is 29.1 Å². The van der Waals surface area contributed by atoms with Crippen molar-refractivity contribution in [2.75, 3.05) is 13.2 Å². The number of aromatic nitrogens is 1. The average Bonchev–Trinajstić information content (AvgIpc) is 3.22. The third kappa shape index (κ3) is 7.02. The fourth-order valence-corrected chi connectivity index (χ4v) is 3.21. The summed E-state index contributed by atoms with van der Waals surface area (Å²) in [4.78, 5) is 20.2. The van der Waals surface area contributed by atoms with E-state index in [0.29, 0.717) is 16.3 Å². The number of nitriles is 1. The van der Waals surface area contributed by atoms with E-state index in [-0.39, 0.29) is 35.8 Å². The quantitative estimate of drug-likeness (QED) is 0.184. The summed E-state index contributed by atoms with van der Waals surface area (Å²) in [6.45, 7) is 0.441. The number of alkyl carbamates (subject to hydrolysis) is 1. The van der Waals surface area contributed by atoms with Crippen molar-refractivity contribution in [3.63, 3.8) is 0 Å². The highest BCUT2D eigenvalue weighted by molar-refractivity contribution is 6.42. The second-order valence-corrected chi connectivity index (χ2v) is 7.48. The molecule has 1 aliphatic heterocycles. The third-order valence-corrected chi connectivity index (χ3v) is 5.04. The van der Waals surface area contributed by atoms with Crippen molar-refractivity contribution in [3.8, 4) is 12.1 Å². The Morgan fingerprint density at radius 3 is 2.86 bits per heavy atom. The molecule has 3 rings (SSSR count). The van der Waals surface area contributed by atoms with Gasteiger partial charge in [-0.25, -0.2) is 9.80 Å². The molecule has 0 spiro atoms. The number of hydrogen-bond donors (Lipinski definition) is 2. The summed E-state index contributed by atoms with van der Waals surface area (Å²) < 4.78 is 34.3. The zero-order valence-electron chi connectivity index (χ0n) is 17.8. The molecule has 0 bridgehead atoms. The van der Waals surface area contributed by atoms with E-state index in [0.717, 1.165) is 0 Å². The first-order valence-corrected chi connectivity index (χ1v) is 10.6. The molecule has 0 aliphatic carbocycles. The lowest BCUT2D eigenvalue weighted by atomic mass is 10.0. The number of aliphatic imine (C=N–C) groups is 1. The Kier molecular flexibility index (Phi) is 8.77. The largest absolute Gasteiger partial charge is 0.445 e. The lowest BCUT2D eigenvalue weighted by Crippen LogP contribution is -2.45. The van der Waals surface area contributed by atoms with Crippen LogP contribution < -0.4 is 15.4 Å². The number of alkyl halides is 2. The molecule has 35 heavy (non-hydrogen) atoms. The molecule has 1 unspecified atom stereocenters. The Bertz CT molecular complexity index is 1200. The molecule has 1 aromatic carbocycles. The number of guanidine groups is 1. The number of ether oxygens (including phenoxy) is 2. The van der Waals surface area contributed by atoms with Gasteiger partial charge in [0.25, 0.3) is 0 Å². The molecule has 1 amide bonds. The van der Waals surface area contributed by atoms with Crippen LogP contribution in [0.4, 0.5) is 19.4 Å². The van der Waals surface area contributed by atoms with Gasteiger partial charge in [-0.1, -0.05) is 48.0 Å². The summed E-state index contributed by atoms with van der Waals surface area (Å²) in [5.41, 5.74) is 0.909. The van der Waals surface area contributed by atoms with Crippen molar-refractivity contribution in [2.24, 2.45) is 10.1 Å². The van der Waals surface area contributed by atoms with Crippen molar-refractivity contribution >= 4 is 46.8 Å². The molecule has 1 aromatic heterocycles. The van der Waals surface area contributed by atoms with Crippen LogP contribution in [0.2, 0.25) is 10.0 Å². The van der Waals surface area contributed by atoms with Gasteiger partial charge in [-0.05, 0) is 18.2 Å². The minimum atomic E-state index is -3.07. The molecule has 14 heteroatoms. The van der Waals surface area contributed by atoms with E-state index >= 15 is 0 Å².